The lowest BCUT2D eigenvalue weighted by Gasteiger charge is -2.35. The lowest BCUT2D eigenvalue weighted by molar-refractivity contribution is 0.0531. The molecule has 4 heterocycles. The summed E-state index contributed by atoms with van der Waals surface area (Å²) in [6.45, 7) is 7.17. The van der Waals surface area contributed by atoms with Crippen molar-refractivity contribution in [3.05, 3.63) is 16.6 Å². The molecule has 4 rings (SSSR count). The van der Waals surface area contributed by atoms with Crippen molar-refractivity contribution in [2.45, 2.75) is 52.2 Å². The largest absolute Gasteiger partial charge is 0.462 e. The number of aryl methyl sites for hydroxylation is 1. The summed E-state index contributed by atoms with van der Waals surface area (Å²) in [6, 6.07) is 1.97. The number of aliphatic hydroxyl groups is 1. The monoisotopic (exact) mass is 490 g/mol. The molecule has 11 heteroatoms. The zero-order valence-electron chi connectivity index (χ0n) is 20.1. The molecular formula is C23H34N6O4S. The predicted octanol–water partition coefficient (Wildman–Crippen LogP) is 3.33. The van der Waals surface area contributed by atoms with Crippen LogP contribution in [0.25, 0.3) is 0 Å². The number of piperidine rings is 2. The third-order valence-electron chi connectivity index (χ3n) is 6.28. The molecule has 2 aliphatic rings. The van der Waals surface area contributed by atoms with Crippen LogP contribution in [-0.2, 0) is 9.47 Å². The molecule has 2 aromatic rings. The van der Waals surface area contributed by atoms with E-state index in [1.165, 1.54) is 11.3 Å². The molecule has 0 spiro atoms. The zero-order chi connectivity index (χ0) is 24.1. The van der Waals surface area contributed by atoms with Gasteiger partial charge in [0.25, 0.3) is 0 Å². The van der Waals surface area contributed by atoms with E-state index in [-0.39, 0.29) is 5.97 Å². The van der Waals surface area contributed by atoms with E-state index in [1.807, 2.05) is 11.0 Å². The minimum atomic E-state index is -0.561. The van der Waals surface area contributed by atoms with Crippen molar-refractivity contribution in [1.82, 2.24) is 15.0 Å². The van der Waals surface area contributed by atoms with Crippen LogP contribution in [0.4, 0.5) is 22.7 Å². The molecule has 2 aliphatic heterocycles. The fourth-order valence-electron chi connectivity index (χ4n) is 4.46. The Bertz CT molecular complexity index is 978. The quantitative estimate of drug-likeness (QED) is 0.534. The van der Waals surface area contributed by atoms with Gasteiger partial charge in [-0.15, -0.1) is 0 Å². The number of rotatable bonds is 8. The molecular weight excluding hydrogens is 456 g/mol. The van der Waals surface area contributed by atoms with E-state index < -0.39 is 6.23 Å². The first-order valence-electron chi connectivity index (χ1n) is 12.0. The SMILES string of the molecule is CCOC(=O)c1sc(Nc2nc(N3CCC(COC)CC3)cc(N3CCCCC3O)n2)nc1C. The van der Waals surface area contributed by atoms with E-state index in [0.29, 0.717) is 40.0 Å². The molecule has 0 saturated carbocycles. The van der Waals surface area contributed by atoms with Crippen molar-refractivity contribution in [2.24, 2.45) is 5.92 Å². The van der Waals surface area contributed by atoms with Gasteiger partial charge < -0.3 is 24.4 Å². The van der Waals surface area contributed by atoms with Crippen LogP contribution in [0.1, 0.15) is 54.4 Å². The number of aromatic nitrogens is 3. The summed E-state index contributed by atoms with van der Waals surface area (Å²) in [4.78, 5) is 30.8. The Kier molecular flexibility index (Phi) is 8.17. The fraction of sp³-hybridized carbons (Fsp3) is 0.652. The van der Waals surface area contributed by atoms with Gasteiger partial charge in [0.1, 0.15) is 22.7 Å². The Labute approximate surface area is 204 Å². The Morgan fingerprint density at radius 2 is 1.94 bits per heavy atom. The number of nitrogens with zero attached hydrogens (tertiary/aromatic N) is 5. The van der Waals surface area contributed by atoms with Crippen LogP contribution in [-0.4, -0.2) is 72.2 Å². The Balaban J connectivity index is 1.60. The third-order valence-corrected chi connectivity index (χ3v) is 7.33. The van der Waals surface area contributed by atoms with Gasteiger partial charge in [-0.25, -0.2) is 9.78 Å². The minimum Gasteiger partial charge on any atom is -0.462 e. The van der Waals surface area contributed by atoms with Crippen LogP contribution >= 0.6 is 11.3 Å². The number of carbonyl (C=O) groups is 1. The first kappa shape index (κ1) is 24.6. The van der Waals surface area contributed by atoms with Crippen molar-refractivity contribution >= 4 is 40.0 Å². The number of hydrogen-bond donors (Lipinski definition) is 2. The van der Waals surface area contributed by atoms with Crippen LogP contribution in [0.3, 0.4) is 0 Å². The van der Waals surface area contributed by atoms with E-state index in [9.17, 15) is 9.90 Å². The van der Waals surface area contributed by atoms with Crippen molar-refractivity contribution < 1.29 is 19.4 Å². The number of ether oxygens (including phenoxy) is 2. The number of esters is 1. The summed E-state index contributed by atoms with van der Waals surface area (Å²) in [7, 11) is 1.75. The number of aliphatic hydroxyl groups excluding tert-OH is 1. The molecule has 2 fully saturated rings. The highest BCUT2D eigenvalue weighted by Crippen LogP contribution is 2.31. The summed E-state index contributed by atoms with van der Waals surface area (Å²) < 4.78 is 10.5. The van der Waals surface area contributed by atoms with Gasteiger partial charge in [-0.2, -0.15) is 9.97 Å². The van der Waals surface area contributed by atoms with E-state index in [0.717, 1.165) is 64.2 Å². The molecule has 0 radical (unpaired) electrons. The normalized spacial score (nSPS) is 19.4. The van der Waals surface area contributed by atoms with E-state index in [2.05, 4.69) is 15.2 Å². The number of thiazole rings is 1. The van der Waals surface area contributed by atoms with E-state index in [4.69, 9.17) is 19.4 Å². The highest BCUT2D eigenvalue weighted by atomic mass is 32.1. The summed E-state index contributed by atoms with van der Waals surface area (Å²) in [5.74, 6) is 2.09. The molecule has 34 heavy (non-hydrogen) atoms. The lowest BCUT2D eigenvalue weighted by Crippen LogP contribution is -2.40. The molecule has 0 amide bonds. The number of carbonyl (C=O) groups excluding carboxylic acids is 1. The van der Waals surface area contributed by atoms with Crippen molar-refractivity contribution in [2.75, 3.05) is 55.1 Å². The fourth-order valence-corrected chi connectivity index (χ4v) is 5.32. The van der Waals surface area contributed by atoms with Crippen molar-refractivity contribution in [3.63, 3.8) is 0 Å². The number of nitrogens with one attached hydrogen (secondary N) is 1. The molecule has 0 aromatic carbocycles. The maximum atomic E-state index is 12.2. The second-order valence-corrected chi connectivity index (χ2v) is 9.74. The number of anilines is 4. The molecule has 2 aromatic heterocycles. The van der Waals surface area contributed by atoms with Crippen LogP contribution < -0.4 is 15.1 Å². The van der Waals surface area contributed by atoms with Crippen LogP contribution in [0.5, 0.6) is 0 Å². The second kappa shape index (κ2) is 11.3. The van der Waals surface area contributed by atoms with Gasteiger partial charge in [0.15, 0.2) is 5.13 Å². The third kappa shape index (κ3) is 5.76. The summed E-state index contributed by atoms with van der Waals surface area (Å²) >= 11 is 1.22. The highest BCUT2D eigenvalue weighted by Gasteiger charge is 2.26. The van der Waals surface area contributed by atoms with Gasteiger partial charge in [-0.1, -0.05) is 11.3 Å². The Morgan fingerprint density at radius 3 is 2.65 bits per heavy atom. The van der Waals surface area contributed by atoms with Gasteiger partial charge in [0.2, 0.25) is 5.95 Å². The topological polar surface area (TPSA) is 113 Å². The van der Waals surface area contributed by atoms with Crippen LogP contribution in [0, 0.1) is 12.8 Å². The molecule has 186 valence electrons. The first-order valence-corrected chi connectivity index (χ1v) is 12.8. The van der Waals surface area contributed by atoms with Gasteiger partial charge in [0, 0.05) is 39.4 Å². The molecule has 0 aliphatic carbocycles. The van der Waals surface area contributed by atoms with Gasteiger partial charge in [-0.05, 0) is 51.9 Å². The van der Waals surface area contributed by atoms with Gasteiger partial charge >= 0.3 is 5.97 Å². The smallest absolute Gasteiger partial charge is 0.350 e. The average Bonchev–Trinajstić information content (AvgIpc) is 3.20. The molecule has 10 nitrogen and oxygen atoms in total. The van der Waals surface area contributed by atoms with Crippen molar-refractivity contribution in [1.29, 1.82) is 0 Å². The predicted molar refractivity (Wildman–Crippen MR) is 132 cm³/mol. The molecule has 0 bridgehead atoms. The van der Waals surface area contributed by atoms with Gasteiger partial charge in [-0.3, -0.25) is 5.32 Å². The summed E-state index contributed by atoms with van der Waals surface area (Å²) in [5.41, 5.74) is 0.606. The Hall–Kier alpha value is -2.50. The zero-order valence-corrected chi connectivity index (χ0v) is 20.9. The lowest BCUT2D eigenvalue weighted by atomic mass is 9.98. The standard InChI is InChI=1S/C23H34N6O4S/c1-4-33-21(31)20-15(2)24-23(34-20)27-22-25-17(28-11-8-16(9-12-28)14-32-3)13-18(26-22)29-10-6-5-7-19(29)30/h13,16,19,30H,4-12,14H2,1-3H3,(H,24,25,26,27). The number of methoxy groups -OCH3 is 1. The summed E-state index contributed by atoms with van der Waals surface area (Å²) in [5, 5.41) is 14.3. The average molecular weight is 491 g/mol. The van der Waals surface area contributed by atoms with E-state index >= 15 is 0 Å². The first-order chi connectivity index (χ1) is 16.5. The van der Waals surface area contributed by atoms with Crippen molar-refractivity contribution in [3.8, 4) is 0 Å². The molecule has 1 atom stereocenters. The maximum absolute atomic E-state index is 12.2. The van der Waals surface area contributed by atoms with E-state index in [1.54, 1.807) is 21.0 Å². The van der Waals surface area contributed by atoms with Gasteiger partial charge in [0.05, 0.1) is 12.3 Å². The Morgan fingerprint density at radius 1 is 1.18 bits per heavy atom. The van der Waals surface area contributed by atoms with Crippen LogP contribution in [0.15, 0.2) is 6.07 Å². The number of hydrogen-bond acceptors (Lipinski definition) is 11. The van der Waals surface area contributed by atoms with Crippen LogP contribution in [0.2, 0.25) is 0 Å². The second-order valence-electron chi connectivity index (χ2n) is 8.74. The maximum Gasteiger partial charge on any atom is 0.350 e. The molecule has 1 unspecified atom stereocenters. The summed E-state index contributed by atoms with van der Waals surface area (Å²) in [6.07, 6.45) is 4.25. The molecule has 2 saturated heterocycles. The highest BCUT2D eigenvalue weighted by molar-refractivity contribution is 7.17. The molecule has 2 N–H and O–H groups in total. The minimum absolute atomic E-state index is 0.312.